The molecule has 0 amide bonds. The van der Waals surface area contributed by atoms with Crippen molar-refractivity contribution < 1.29 is 4.74 Å². The van der Waals surface area contributed by atoms with Gasteiger partial charge in [-0.2, -0.15) is 0 Å². The molecule has 20 heavy (non-hydrogen) atoms. The molecule has 0 unspecified atom stereocenters. The summed E-state index contributed by atoms with van der Waals surface area (Å²) in [6.07, 6.45) is 2.22. The van der Waals surface area contributed by atoms with Crippen LogP contribution in [0.1, 0.15) is 20.8 Å². The van der Waals surface area contributed by atoms with Gasteiger partial charge < -0.3 is 8.97 Å². The number of ether oxygens (including phenoxy) is 1. The standard InChI is InChI=1S/C15H21Br2NOSi/c1-15(2,3)20(5,6)18-9-11(17)13-10(16)7-8-12(19-4)14(13)18/h7-9H,1-6H3. The summed E-state index contributed by atoms with van der Waals surface area (Å²) in [6.45, 7) is 11.8. The number of halogens is 2. The Morgan fingerprint density at radius 1 is 1.10 bits per heavy atom. The molecule has 0 atom stereocenters. The van der Waals surface area contributed by atoms with Crippen LogP contribution >= 0.6 is 31.9 Å². The van der Waals surface area contributed by atoms with Crippen molar-refractivity contribution in [3.05, 3.63) is 27.3 Å². The number of hydrogen-bond acceptors (Lipinski definition) is 1. The molecule has 0 radical (unpaired) electrons. The molecule has 0 N–H and O–H groups in total. The molecule has 0 aliphatic heterocycles. The van der Waals surface area contributed by atoms with Crippen molar-refractivity contribution in [3.8, 4) is 5.75 Å². The zero-order valence-corrected chi connectivity index (χ0v) is 17.0. The number of nitrogens with zero attached hydrogens (tertiary/aromatic N) is 1. The van der Waals surface area contributed by atoms with Crippen LogP contribution in [-0.2, 0) is 0 Å². The zero-order chi connectivity index (χ0) is 15.3. The van der Waals surface area contributed by atoms with E-state index in [0.29, 0.717) is 0 Å². The summed E-state index contributed by atoms with van der Waals surface area (Å²) in [5.41, 5.74) is 1.18. The average Bonchev–Trinajstić information content (AvgIpc) is 2.68. The first-order valence-corrected chi connectivity index (χ1v) is 11.2. The van der Waals surface area contributed by atoms with Crippen LogP contribution in [-0.4, -0.2) is 19.6 Å². The van der Waals surface area contributed by atoms with Crippen LogP contribution in [0.5, 0.6) is 5.75 Å². The highest BCUT2D eigenvalue weighted by atomic mass is 79.9. The molecule has 0 saturated heterocycles. The van der Waals surface area contributed by atoms with Gasteiger partial charge in [-0.15, -0.1) is 0 Å². The minimum absolute atomic E-state index is 0.256. The van der Waals surface area contributed by atoms with E-state index in [1.807, 2.05) is 12.1 Å². The van der Waals surface area contributed by atoms with Crippen LogP contribution in [0.4, 0.5) is 0 Å². The molecule has 2 rings (SSSR count). The fraction of sp³-hybridized carbons (Fsp3) is 0.467. The third kappa shape index (κ3) is 2.38. The Bertz CT molecular complexity index is 656. The van der Waals surface area contributed by atoms with E-state index in [9.17, 15) is 0 Å². The van der Waals surface area contributed by atoms with Crippen LogP contribution in [0.25, 0.3) is 10.9 Å². The van der Waals surface area contributed by atoms with Gasteiger partial charge >= 0.3 is 0 Å². The van der Waals surface area contributed by atoms with Crippen LogP contribution < -0.4 is 4.74 Å². The highest BCUT2D eigenvalue weighted by Crippen LogP contribution is 2.44. The Morgan fingerprint density at radius 3 is 2.20 bits per heavy atom. The fourth-order valence-electron chi connectivity index (χ4n) is 2.22. The third-order valence-corrected chi connectivity index (χ3v) is 11.0. The Kier molecular flexibility index (Phi) is 4.17. The topological polar surface area (TPSA) is 14.2 Å². The predicted octanol–water partition coefficient (Wildman–Crippen LogP) is 6.03. The lowest BCUT2D eigenvalue weighted by molar-refractivity contribution is 0.418. The van der Waals surface area contributed by atoms with Crippen molar-refractivity contribution in [2.75, 3.05) is 7.11 Å². The van der Waals surface area contributed by atoms with E-state index in [1.165, 1.54) is 10.9 Å². The zero-order valence-electron chi connectivity index (χ0n) is 12.8. The molecule has 5 heteroatoms. The molecule has 110 valence electrons. The highest BCUT2D eigenvalue weighted by Gasteiger charge is 2.39. The first-order chi connectivity index (χ1) is 9.11. The molecular weight excluding hydrogens is 398 g/mol. The molecule has 1 heterocycles. The van der Waals surface area contributed by atoms with Crippen LogP contribution in [0.15, 0.2) is 27.3 Å². The second kappa shape index (κ2) is 5.18. The summed E-state index contributed by atoms with van der Waals surface area (Å²) in [5, 5.41) is 1.44. The lowest BCUT2D eigenvalue weighted by Gasteiger charge is -2.38. The van der Waals surface area contributed by atoms with E-state index in [0.717, 1.165) is 14.7 Å². The smallest absolute Gasteiger partial charge is 0.161 e. The molecule has 1 aromatic heterocycles. The van der Waals surface area contributed by atoms with E-state index in [1.54, 1.807) is 7.11 Å². The molecule has 2 aromatic rings. The molecule has 0 saturated carbocycles. The lowest BCUT2D eigenvalue weighted by atomic mass is 10.2. The van der Waals surface area contributed by atoms with Gasteiger partial charge in [0.2, 0.25) is 0 Å². The summed E-state index contributed by atoms with van der Waals surface area (Å²) in [5.74, 6) is 0.929. The van der Waals surface area contributed by atoms with Gasteiger partial charge in [0.25, 0.3) is 0 Å². The summed E-state index contributed by atoms with van der Waals surface area (Å²) < 4.78 is 10.3. The van der Waals surface area contributed by atoms with Crippen molar-refractivity contribution in [2.45, 2.75) is 38.9 Å². The number of rotatable bonds is 2. The van der Waals surface area contributed by atoms with Gasteiger partial charge in [0.05, 0.1) is 12.6 Å². The van der Waals surface area contributed by atoms with Gasteiger partial charge in [-0.05, 0) is 33.1 Å². The quantitative estimate of drug-likeness (QED) is 0.543. The molecular formula is C15H21Br2NOSi. The fourth-order valence-corrected chi connectivity index (χ4v) is 5.77. The third-order valence-electron chi connectivity index (χ3n) is 4.47. The van der Waals surface area contributed by atoms with Gasteiger partial charge in [-0.3, -0.25) is 0 Å². The van der Waals surface area contributed by atoms with Crippen molar-refractivity contribution in [1.82, 2.24) is 4.23 Å². The molecule has 0 aliphatic rings. The van der Waals surface area contributed by atoms with E-state index >= 15 is 0 Å². The summed E-state index contributed by atoms with van der Waals surface area (Å²) >= 11 is 7.37. The second-order valence-corrected chi connectivity index (χ2v) is 13.4. The number of hydrogen-bond donors (Lipinski definition) is 0. The summed E-state index contributed by atoms with van der Waals surface area (Å²) in [6, 6.07) is 4.07. The molecule has 0 aliphatic carbocycles. The maximum absolute atomic E-state index is 5.60. The minimum Gasteiger partial charge on any atom is -0.495 e. The molecule has 2 nitrogen and oxygen atoms in total. The molecule has 0 bridgehead atoms. The monoisotopic (exact) mass is 417 g/mol. The van der Waals surface area contributed by atoms with E-state index in [-0.39, 0.29) is 5.04 Å². The Labute approximate surface area is 138 Å². The number of aromatic nitrogens is 1. The van der Waals surface area contributed by atoms with Crippen molar-refractivity contribution in [2.24, 2.45) is 0 Å². The minimum atomic E-state index is -1.71. The number of benzene rings is 1. The summed E-state index contributed by atoms with van der Waals surface area (Å²) in [4.78, 5) is 0. The average molecular weight is 419 g/mol. The molecule has 0 fully saturated rings. The van der Waals surface area contributed by atoms with Crippen LogP contribution in [0.2, 0.25) is 18.1 Å². The van der Waals surface area contributed by atoms with E-state index in [2.05, 4.69) is 76.2 Å². The largest absolute Gasteiger partial charge is 0.495 e. The molecule has 0 spiro atoms. The van der Waals surface area contributed by atoms with E-state index in [4.69, 9.17) is 4.74 Å². The van der Waals surface area contributed by atoms with Crippen LogP contribution in [0.3, 0.4) is 0 Å². The van der Waals surface area contributed by atoms with Gasteiger partial charge in [-0.25, -0.2) is 0 Å². The normalized spacial score (nSPS) is 13.0. The first-order valence-electron chi connectivity index (χ1n) is 6.65. The van der Waals surface area contributed by atoms with Crippen molar-refractivity contribution in [1.29, 1.82) is 0 Å². The second-order valence-electron chi connectivity index (χ2n) is 6.63. The first kappa shape index (κ1) is 16.1. The lowest BCUT2D eigenvalue weighted by Crippen LogP contribution is -2.44. The SMILES string of the molecule is COc1ccc(Br)c2c(Br)cn([Si](C)(C)C(C)(C)C)c12. The highest BCUT2D eigenvalue weighted by molar-refractivity contribution is 9.11. The Hall–Kier alpha value is -0.263. The Morgan fingerprint density at radius 2 is 1.70 bits per heavy atom. The Balaban J connectivity index is 2.89. The number of methoxy groups -OCH3 is 1. The van der Waals surface area contributed by atoms with Gasteiger partial charge in [0, 0.05) is 20.5 Å². The van der Waals surface area contributed by atoms with Gasteiger partial charge in [0.1, 0.15) is 5.75 Å². The predicted molar refractivity (Wildman–Crippen MR) is 96.5 cm³/mol. The number of fused-ring (bicyclic) bond motifs is 1. The summed E-state index contributed by atoms with van der Waals surface area (Å²) in [7, 11) is 0.0263. The van der Waals surface area contributed by atoms with Crippen LogP contribution in [0, 0.1) is 0 Å². The van der Waals surface area contributed by atoms with E-state index < -0.39 is 8.24 Å². The van der Waals surface area contributed by atoms with Gasteiger partial charge in [0.15, 0.2) is 8.24 Å². The van der Waals surface area contributed by atoms with Crippen molar-refractivity contribution >= 4 is 51.0 Å². The van der Waals surface area contributed by atoms with Crippen molar-refractivity contribution in [3.63, 3.8) is 0 Å². The maximum Gasteiger partial charge on any atom is 0.161 e. The maximum atomic E-state index is 5.60. The molecule has 1 aromatic carbocycles. The van der Waals surface area contributed by atoms with Gasteiger partial charge in [-0.1, -0.05) is 49.8 Å².